The van der Waals surface area contributed by atoms with E-state index in [1.165, 1.54) is 16.2 Å². The van der Waals surface area contributed by atoms with Gasteiger partial charge in [0.15, 0.2) is 0 Å². The van der Waals surface area contributed by atoms with Gasteiger partial charge in [0.05, 0.1) is 5.57 Å². The van der Waals surface area contributed by atoms with E-state index in [0.29, 0.717) is 18.5 Å². The van der Waals surface area contributed by atoms with Gasteiger partial charge in [-0.15, -0.1) is 11.3 Å². The molecule has 1 aromatic carbocycles. The van der Waals surface area contributed by atoms with Gasteiger partial charge in [-0.1, -0.05) is 35.9 Å². The van der Waals surface area contributed by atoms with E-state index in [2.05, 4.69) is 16.7 Å². The molecule has 2 aromatic heterocycles. The van der Waals surface area contributed by atoms with Crippen LogP contribution in [0.25, 0.3) is 16.5 Å². The molecule has 0 aliphatic carbocycles. The van der Waals surface area contributed by atoms with E-state index in [1.54, 1.807) is 0 Å². The fraction of sp³-hybridized carbons (Fsp3) is 0.158. The Morgan fingerprint density at radius 3 is 2.64 bits per heavy atom. The van der Waals surface area contributed by atoms with Gasteiger partial charge in [0.2, 0.25) is 0 Å². The maximum absolute atomic E-state index is 12.7. The molecule has 0 saturated carbocycles. The zero-order valence-corrected chi connectivity index (χ0v) is 15.1. The second-order valence-corrected chi connectivity index (χ2v) is 7.29. The number of para-hydroxylation sites is 1. The van der Waals surface area contributed by atoms with Gasteiger partial charge in [-0.25, -0.2) is 0 Å². The molecule has 0 bridgehead atoms. The lowest BCUT2D eigenvalue weighted by atomic mass is 10.1. The molecular formula is C19H15ClN2O2S. The van der Waals surface area contributed by atoms with Crippen LogP contribution in [-0.4, -0.2) is 27.8 Å². The number of aromatic nitrogens is 1. The van der Waals surface area contributed by atoms with E-state index in [1.807, 2.05) is 42.9 Å². The van der Waals surface area contributed by atoms with E-state index in [-0.39, 0.29) is 10.9 Å². The lowest BCUT2D eigenvalue weighted by Crippen LogP contribution is -2.33. The summed E-state index contributed by atoms with van der Waals surface area (Å²) in [4.78, 5) is 27.1. The minimum absolute atomic E-state index is 0.0189. The van der Waals surface area contributed by atoms with Crippen LogP contribution in [0.15, 0.2) is 53.0 Å². The van der Waals surface area contributed by atoms with Crippen molar-refractivity contribution in [2.24, 2.45) is 7.05 Å². The monoisotopic (exact) mass is 370 g/mol. The molecule has 0 saturated heterocycles. The minimum Gasteiger partial charge on any atom is -0.350 e. The van der Waals surface area contributed by atoms with E-state index in [0.717, 1.165) is 21.3 Å². The summed E-state index contributed by atoms with van der Waals surface area (Å²) in [6.45, 7) is 0.316. The fourth-order valence-corrected chi connectivity index (χ4v) is 4.35. The third-order valence-corrected chi connectivity index (χ3v) is 5.70. The first-order chi connectivity index (χ1) is 12.1. The van der Waals surface area contributed by atoms with Gasteiger partial charge in [-0.3, -0.25) is 14.5 Å². The van der Waals surface area contributed by atoms with Crippen LogP contribution in [0.3, 0.4) is 0 Å². The maximum atomic E-state index is 12.7. The highest BCUT2D eigenvalue weighted by Gasteiger charge is 2.38. The molecule has 0 unspecified atom stereocenters. The molecule has 126 valence electrons. The van der Waals surface area contributed by atoms with Crippen molar-refractivity contribution >= 4 is 51.2 Å². The van der Waals surface area contributed by atoms with Gasteiger partial charge in [-0.05, 0) is 29.5 Å². The smallest absolute Gasteiger partial charge is 0.273 e. The van der Waals surface area contributed by atoms with Crippen molar-refractivity contribution in [3.05, 3.63) is 63.4 Å². The first kappa shape index (κ1) is 16.1. The quantitative estimate of drug-likeness (QED) is 0.655. The normalized spacial score (nSPS) is 15.0. The van der Waals surface area contributed by atoms with Gasteiger partial charge in [0.25, 0.3) is 11.8 Å². The van der Waals surface area contributed by atoms with Crippen molar-refractivity contribution in [3.8, 4) is 0 Å². The molecule has 1 aliphatic heterocycles. The molecule has 0 spiro atoms. The number of carbonyl (C=O) groups is 2. The van der Waals surface area contributed by atoms with Crippen molar-refractivity contribution in [2.45, 2.75) is 6.42 Å². The van der Waals surface area contributed by atoms with E-state index in [9.17, 15) is 9.59 Å². The first-order valence-electron chi connectivity index (χ1n) is 7.90. The number of halogens is 1. The number of nitrogens with zero attached hydrogens (tertiary/aromatic N) is 2. The van der Waals surface area contributed by atoms with Gasteiger partial charge in [-0.2, -0.15) is 0 Å². The maximum Gasteiger partial charge on any atom is 0.273 e. The standard InChI is InChI=1S/C19H15ClN2O2S/c1-21-11-12(13-5-2-3-6-14(13)21)8-9-22-18(23)16(17(20)19(22)24)15-7-4-10-25-15/h2-7,10-11H,8-9H2,1H3. The number of benzene rings is 1. The minimum atomic E-state index is -0.407. The van der Waals surface area contributed by atoms with Crippen LogP contribution in [0, 0.1) is 0 Å². The van der Waals surface area contributed by atoms with Crippen molar-refractivity contribution in [3.63, 3.8) is 0 Å². The molecule has 0 radical (unpaired) electrons. The Labute approximate surface area is 153 Å². The molecule has 1 aliphatic rings. The van der Waals surface area contributed by atoms with Crippen molar-refractivity contribution in [1.29, 1.82) is 0 Å². The lowest BCUT2D eigenvalue weighted by molar-refractivity contribution is -0.136. The van der Waals surface area contributed by atoms with Gasteiger partial charge < -0.3 is 4.57 Å². The molecule has 6 heteroatoms. The van der Waals surface area contributed by atoms with Gasteiger partial charge in [0, 0.05) is 35.6 Å². The molecule has 0 fully saturated rings. The third kappa shape index (κ3) is 2.60. The summed E-state index contributed by atoms with van der Waals surface area (Å²) in [7, 11) is 1.99. The Morgan fingerprint density at radius 1 is 1.08 bits per heavy atom. The average molecular weight is 371 g/mol. The number of thiophene rings is 1. The van der Waals surface area contributed by atoms with Crippen molar-refractivity contribution in [2.75, 3.05) is 6.54 Å². The third-order valence-electron chi connectivity index (χ3n) is 4.46. The molecule has 25 heavy (non-hydrogen) atoms. The van der Waals surface area contributed by atoms with Gasteiger partial charge >= 0.3 is 0 Å². The molecule has 2 amide bonds. The van der Waals surface area contributed by atoms with Crippen LogP contribution < -0.4 is 0 Å². The predicted molar refractivity (Wildman–Crippen MR) is 100 cm³/mol. The molecule has 0 atom stereocenters. The lowest BCUT2D eigenvalue weighted by Gasteiger charge is -2.14. The number of fused-ring (bicyclic) bond motifs is 1. The van der Waals surface area contributed by atoms with Crippen molar-refractivity contribution in [1.82, 2.24) is 9.47 Å². The molecule has 0 N–H and O–H groups in total. The number of imide groups is 1. The molecule has 3 aromatic rings. The second kappa shape index (κ2) is 6.17. The van der Waals surface area contributed by atoms with Crippen molar-refractivity contribution < 1.29 is 9.59 Å². The number of hydrogen-bond acceptors (Lipinski definition) is 3. The molecule has 4 nitrogen and oxygen atoms in total. The number of amides is 2. The summed E-state index contributed by atoms with van der Waals surface area (Å²) < 4.78 is 2.06. The average Bonchev–Trinajstić information content (AvgIpc) is 3.28. The van der Waals surface area contributed by atoms with Crippen LogP contribution in [-0.2, 0) is 23.1 Å². The summed E-state index contributed by atoms with van der Waals surface area (Å²) in [6.07, 6.45) is 2.64. The number of rotatable bonds is 4. The van der Waals surface area contributed by atoms with Crippen LogP contribution in [0.4, 0.5) is 0 Å². The molecular weight excluding hydrogens is 356 g/mol. The van der Waals surface area contributed by atoms with Crippen LogP contribution >= 0.6 is 22.9 Å². The zero-order chi connectivity index (χ0) is 17.6. The van der Waals surface area contributed by atoms with Gasteiger partial charge in [0.1, 0.15) is 5.03 Å². The second-order valence-electron chi connectivity index (χ2n) is 5.96. The topological polar surface area (TPSA) is 42.3 Å². The Morgan fingerprint density at radius 2 is 1.88 bits per heavy atom. The fourth-order valence-electron chi connectivity index (χ4n) is 3.24. The Kier molecular flexibility index (Phi) is 3.98. The summed E-state index contributed by atoms with van der Waals surface area (Å²) >= 11 is 7.57. The zero-order valence-electron chi connectivity index (χ0n) is 13.5. The highest BCUT2D eigenvalue weighted by molar-refractivity contribution is 7.11. The van der Waals surface area contributed by atoms with Crippen LogP contribution in [0.5, 0.6) is 0 Å². The number of hydrogen-bond donors (Lipinski definition) is 0. The Hall–Kier alpha value is -2.37. The first-order valence-corrected chi connectivity index (χ1v) is 9.16. The molecule has 3 heterocycles. The summed E-state index contributed by atoms with van der Waals surface area (Å²) in [6, 6.07) is 11.7. The number of aryl methyl sites for hydroxylation is 1. The number of carbonyl (C=O) groups excluding carboxylic acids is 2. The Balaban J connectivity index is 1.58. The SMILES string of the molecule is Cn1cc(CCN2C(=O)C(Cl)=C(c3cccs3)C2=O)c2ccccc21. The highest BCUT2D eigenvalue weighted by atomic mass is 35.5. The predicted octanol–water partition coefficient (Wildman–Crippen LogP) is 3.80. The summed E-state index contributed by atoms with van der Waals surface area (Å²) in [5.41, 5.74) is 2.56. The van der Waals surface area contributed by atoms with E-state index >= 15 is 0 Å². The van der Waals surface area contributed by atoms with Crippen LogP contribution in [0.1, 0.15) is 10.4 Å². The summed E-state index contributed by atoms with van der Waals surface area (Å²) in [5.74, 6) is -0.715. The van der Waals surface area contributed by atoms with E-state index < -0.39 is 5.91 Å². The van der Waals surface area contributed by atoms with E-state index in [4.69, 9.17) is 11.6 Å². The molecule has 4 rings (SSSR count). The Bertz CT molecular complexity index is 1020. The van der Waals surface area contributed by atoms with Crippen LogP contribution in [0.2, 0.25) is 0 Å². The largest absolute Gasteiger partial charge is 0.350 e. The summed E-state index contributed by atoms with van der Waals surface area (Å²) in [5, 5.41) is 3.02. The highest BCUT2D eigenvalue weighted by Crippen LogP contribution is 2.34.